The van der Waals surface area contributed by atoms with Gasteiger partial charge in [-0.2, -0.15) is 4.31 Å². The van der Waals surface area contributed by atoms with E-state index in [0.717, 1.165) is 11.1 Å². The maximum absolute atomic E-state index is 14.0. The largest absolute Gasteiger partial charge is 0.497 e. The van der Waals surface area contributed by atoms with E-state index in [4.69, 9.17) is 9.47 Å². The van der Waals surface area contributed by atoms with Crippen molar-refractivity contribution in [1.29, 1.82) is 0 Å². The van der Waals surface area contributed by atoms with E-state index < -0.39 is 20.7 Å². The van der Waals surface area contributed by atoms with E-state index in [0.29, 0.717) is 17.9 Å². The molecule has 2 aromatic rings. The van der Waals surface area contributed by atoms with Gasteiger partial charge in [0.2, 0.25) is 10.0 Å². The number of methoxy groups -OCH3 is 2. The number of nitrogens with zero attached hydrogens (tertiary/aromatic N) is 1. The molecule has 2 aromatic carbocycles. The van der Waals surface area contributed by atoms with Gasteiger partial charge in [0.25, 0.3) is 0 Å². The lowest BCUT2D eigenvalue weighted by molar-refractivity contribution is -0.137. The summed E-state index contributed by atoms with van der Waals surface area (Å²) in [6.45, 7) is 5.63. The summed E-state index contributed by atoms with van der Waals surface area (Å²) in [5, 5.41) is 9.22. The van der Waals surface area contributed by atoms with E-state index in [9.17, 15) is 18.3 Å². The normalized spacial score (nSPS) is 13.3. The van der Waals surface area contributed by atoms with Crippen LogP contribution in [0.5, 0.6) is 11.5 Å². The van der Waals surface area contributed by atoms with Crippen LogP contribution in [0, 0.1) is 0 Å². The number of carboxylic acid groups (broad SMARTS) is 1. The number of carboxylic acids is 1. The molecule has 0 amide bonds. The second-order valence-electron chi connectivity index (χ2n) is 8.14. The van der Waals surface area contributed by atoms with Crippen LogP contribution in [-0.2, 0) is 27.9 Å². The lowest BCUT2D eigenvalue weighted by Gasteiger charge is -2.35. The van der Waals surface area contributed by atoms with Crippen LogP contribution in [0.4, 0.5) is 0 Å². The number of hydrogen-bond donors (Lipinski definition) is 1. The minimum absolute atomic E-state index is 0.0141. The Hall–Kier alpha value is -2.84. The zero-order valence-electron chi connectivity index (χ0n) is 19.5. The van der Waals surface area contributed by atoms with Crippen molar-refractivity contribution in [2.45, 2.75) is 50.4 Å². The van der Waals surface area contributed by atoms with Crippen molar-refractivity contribution in [3.05, 3.63) is 72.3 Å². The first kappa shape index (κ1) is 26.4. The van der Waals surface area contributed by atoms with Gasteiger partial charge < -0.3 is 14.6 Å². The Morgan fingerprint density at radius 1 is 0.970 bits per heavy atom. The van der Waals surface area contributed by atoms with Crippen LogP contribution in [0.2, 0.25) is 0 Å². The zero-order chi connectivity index (χ0) is 24.5. The van der Waals surface area contributed by atoms with Crippen LogP contribution < -0.4 is 9.47 Å². The Balaban J connectivity index is 2.45. The van der Waals surface area contributed by atoms with Gasteiger partial charge in [0.05, 0.1) is 19.0 Å². The molecule has 0 radical (unpaired) electrons. The molecule has 0 aliphatic carbocycles. The molecule has 0 aromatic heterocycles. The molecule has 1 N–H and O–H groups in total. The number of rotatable bonds is 14. The Labute approximate surface area is 196 Å². The summed E-state index contributed by atoms with van der Waals surface area (Å²) in [7, 11) is -0.754. The molecule has 0 saturated carbocycles. The third-order valence-electron chi connectivity index (χ3n) is 5.74. The second kappa shape index (κ2) is 11.9. The zero-order valence-corrected chi connectivity index (χ0v) is 20.3. The van der Waals surface area contributed by atoms with E-state index in [1.807, 2.05) is 24.3 Å². The molecule has 0 spiro atoms. The molecule has 2 rings (SSSR count). The third-order valence-corrected chi connectivity index (χ3v) is 8.34. The van der Waals surface area contributed by atoms with E-state index in [-0.39, 0.29) is 32.4 Å². The van der Waals surface area contributed by atoms with Crippen LogP contribution in [0.15, 0.2) is 61.2 Å². The number of aliphatic carboxylic acids is 1. The van der Waals surface area contributed by atoms with Gasteiger partial charge in [-0.05, 0) is 61.6 Å². The minimum atomic E-state index is -3.90. The van der Waals surface area contributed by atoms with Crippen LogP contribution in [0.3, 0.4) is 0 Å². The van der Waals surface area contributed by atoms with Crippen LogP contribution >= 0.6 is 0 Å². The fraction of sp³-hybridized carbons (Fsp3) is 0.400. The SMILES string of the molecule is C=CCCC(C)(CCC(=O)O)S(=O)(=O)N(Cc1ccc(OC)cc1)Cc1ccc(OC)cc1. The van der Waals surface area contributed by atoms with Gasteiger partial charge in [-0.1, -0.05) is 30.3 Å². The highest BCUT2D eigenvalue weighted by molar-refractivity contribution is 7.90. The molecule has 0 aliphatic rings. The van der Waals surface area contributed by atoms with Crippen LogP contribution in [0.25, 0.3) is 0 Å². The van der Waals surface area contributed by atoms with Crippen molar-refractivity contribution in [2.75, 3.05) is 14.2 Å². The first-order valence-electron chi connectivity index (χ1n) is 10.7. The summed E-state index contributed by atoms with van der Waals surface area (Å²) in [5.41, 5.74) is 1.61. The second-order valence-corrected chi connectivity index (χ2v) is 10.6. The summed E-state index contributed by atoms with van der Waals surface area (Å²) < 4.78 is 38.5. The van der Waals surface area contributed by atoms with E-state index >= 15 is 0 Å². The lowest BCUT2D eigenvalue weighted by Crippen LogP contribution is -2.46. The molecule has 0 saturated heterocycles. The van der Waals surface area contributed by atoms with E-state index in [2.05, 4.69) is 6.58 Å². The first-order valence-corrected chi connectivity index (χ1v) is 12.2. The topological polar surface area (TPSA) is 93.1 Å². The lowest BCUT2D eigenvalue weighted by atomic mass is 9.98. The molecular weight excluding hydrogens is 442 g/mol. The van der Waals surface area contributed by atoms with Crippen molar-refractivity contribution in [1.82, 2.24) is 4.31 Å². The number of allylic oxidation sites excluding steroid dienone is 1. The van der Waals surface area contributed by atoms with Gasteiger partial charge in [0.15, 0.2) is 0 Å². The quantitative estimate of drug-likeness (QED) is 0.401. The minimum Gasteiger partial charge on any atom is -0.497 e. The number of carbonyl (C=O) groups is 1. The summed E-state index contributed by atoms with van der Waals surface area (Å²) in [4.78, 5) is 11.3. The number of hydrogen-bond acceptors (Lipinski definition) is 5. The fourth-order valence-corrected chi connectivity index (χ4v) is 5.57. The van der Waals surface area contributed by atoms with Crippen molar-refractivity contribution in [2.24, 2.45) is 0 Å². The molecule has 1 unspecified atom stereocenters. The number of benzene rings is 2. The Bertz CT molecular complexity index is 968. The predicted octanol–water partition coefficient (Wildman–Crippen LogP) is 4.63. The average Bonchev–Trinajstić information content (AvgIpc) is 2.81. The molecule has 0 aliphatic heterocycles. The van der Waals surface area contributed by atoms with Gasteiger partial charge in [0.1, 0.15) is 11.5 Å². The highest BCUT2D eigenvalue weighted by atomic mass is 32.2. The van der Waals surface area contributed by atoms with Gasteiger partial charge in [-0.25, -0.2) is 8.42 Å². The summed E-state index contributed by atoms with van der Waals surface area (Å²) in [6.07, 6.45) is 2.19. The summed E-state index contributed by atoms with van der Waals surface area (Å²) in [5.74, 6) is 0.341. The van der Waals surface area contributed by atoms with Crippen molar-refractivity contribution in [3.63, 3.8) is 0 Å². The summed E-state index contributed by atoms with van der Waals surface area (Å²) >= 11 is 0. The first-order chi connectivity index (χ1) is 15.6. The van der Waals surface area contributed by atoms with Crippen LogP contribution in [-0.4, -0.2) is 42.8 Å². The predicted molar refractivity (Wildman–Crippen MR) is 129 cm³/mol. The third kappa shape index (κ3) is 7.07. The maximum Gasteiger partial charge on any atom is 0.303 e. The van der Waals surface area contributed by atoms with Crippen molar-refractivity contribution >= 4 is 16.0 Å². The fourth-order valence-electron chi connectivity index (χ4n) is 3.57. The Morgan fingerprint density at radius 2 is 1.42 bits per heavy atom. The summed E-state index contributed by atoms with van der Waals surface area (Å²) in [6, 6.07) is 14.5. The molecule has 0 heterocycles. The van der Waals surface area contributed by atoms with Crippen molar-refractivity contribution in [3.8, 4) is 11.5 Å². The Kier molecular flexibility index (Phi) is 9.49. The van der Waals surface area contributed by atoms with Crippen molar-refractivity contribution < 1.29 is 27.8 Å². The van der Waals surface area contributed by atoms with Gasteiger partial charge >= 0.3 is 5.97 Å². The van der Waals surface area contributed by atoms with Gasteiger partial charge in [-0.3, -0.25) is 4.79 Å². The highest BCUT2D eigenvalue weighted by Crippen LogP contribution is 2.34. The molecule has 8 heteroatoms. The molecule has 180 valence electrons. The maximum atomic E-state index is 14.0. The molecule has 0 bridgehead atoms. The smallest absolute Gasteiger partial charge is 0.303 e. The number of sulfonamides is 1. The molecule has 7 nitrogen and oxygen atoms in total. The average molecular weight is 476 g/mol. The molecule has 0 fully saturated rings. The monoisotopic (exact) mass is 475 g/mol. The molecule has 1 atom stereocenters. The van der Waals surface area contributed by atoms with Gasteiger partial charge in [0, 0.05) is 19.5 Å². The standard InChI is InChI=1S/C25H33NO6S/c1-5-6-16-25(2,17-15-24(27)28)33(29,30)26(18-20-7-11-22(31-3)12-8-20)19-21-9-13-23(32-4)14-10-21/h5,7-14H,1,6,15-19H2,2-4H3,(H,27,28). The van der Waals surface area contributed by atoms with E-state index in [1.165, 1.54) is 4.31 Å². The molecule has 33 heavy (non-hydrogen) atoms. The van der Waals surface area contributed by atoms with Crippen LogP contribution in [0.1, 0.15) is 43.7 Å². The van der Waals surface area contributed by atoms with E-state index in [1.54, 1.807) is 51.5 Å². The highest BCUT2D eigenvalue weighted by Gasteiger charge is 2.42. The Morgan fingerprint density at radius 3 is 1.79 bits per heavy atom. The van der Waals surface area contributed by atoms with Gasteiger partial charge in [-0.15, -0.1) is 6.58 Å². The molecular formula is C25H33NO6S. The number of ether oxygens (including phenoxy) is 2.